The van der Waals surface area contributed by atoms with E-state index >= 15 is 0 Å². The van der Waals surface area contributed by atoms with E-state index < -0.39 is 11.7 Å². The van der Waals surface area contributed by atoms with Crippen molar-refractivity contribution in [3.8, 4) is 0 Å². The molecule has 4 rings (SSSR count). The lowest BCUT2D eigenvalue weighted by atomic mass is 10.00. The van der Waals surface area contributed by atoms with Crippen LogP contribution >= 0.6 is 0 Å². The van der Waals surface area contributed by atoms with E-state index in [1.54, 1.807) is 0 Å². The summed E-state index contributed by atoms with van der Waals surface area (Å²) in [4.78, 5) is 1.89. The highest BCUT2D eigenvalue weighted by Gasteiger charge is 2.30. The van der Waals surface area contributed by atoms with Gasteiger partial charge in [-0.3, -0.25) is 0 Å². The molecular formula is C23H18F3N. The molecule has 0 saturated heterocycles. The molecule has 4 aromatic carbocycles. The van der Waals surface area contributed by atoms with Crippen LogP contribution in [0.1, 0.15) is 11.1 Å². The molecule has 0 unspecified atom stereocenters. The van der Waals surface area contributed by atoms with Gasteiger partial charge in [0, 0.05) is 18.4 Å². The second kappa shape index (κ2) is 6.31. The minimum absolute atomic E-state index is 0.639. The largest absolute Gasteiger partial charge is 0.416 e. The molecule has 0 atom stereocenters. The number of anilines is 2. The summed E-state index contributed by atoms with van der Waals surface area (Å²) >= 11 is 0. The van der Waals surface area contributed by atoms with Crippen molar-refractivity contribution in [1.82, 2.24) is 0 Å². The maximum atomic E-state index is 12.8. The van der Waals surface area contributed by atoms with E-state index in [2.05, 4.69) is 49.4 Å². The first-order chi connectivity index (χ1) is 12.8. The molecule has 4 heteroatoms. The number of hydrogen-bond donors (Lipinski definition) is 0. The Bertz CT molecular complexity index is 1130. The Morgan fingerprint density at radius 1 is 0.667 bits per heavy atom. The predicted octanol–water partition coefficient (Wildman–Crippen LogP) is 7.09. The van der Waals surface area contributed by atoms with Crippen molar-refractivity contribution < 1.29 is 13.2 Å². The van der Waals surface area contributed by atoms with Gasteiger partial charge in [-0.15, -0.1) is 0 Å². The average Bonchev–Trinajstić information content (AvgIpc) is 2.66. The van der Waals surface area contributed by atoms with Crippen LogP contribution in [0.5, 0.6) is 0 Å². The van der Waals surface area contributed by atoms with Crippen molar-refractivity contribution in [2.75, 3.05) is 11.9 Å². The Hall–Kier alpha value is -3.01. The number of nitrogens with zero attached hydrogens (tertiary/aromatic N) is 1. The van der Waals surface area contributed by atoms with E-state index in [-0.39, 0.29) is 0 Å². The molecule has 136 valence electrons. The molecule has 0 saturated carbocycles. The third-order valence-electron chi connectivity index (χ3n) is 4.94. The predicted molar refractivity (Wildman–Crippen MR) is 106 cm³/mol. The molecule has 0 N–H and O–H groups in total. The van der Waals surface area contributed by atoms with Gasteiger partial charge in [0.25, 0.3) is 0 Å². The maximum absolute atomic E-state index is 12.8. The number of hydrogen-bond acceptors (Lipinski definition) is 1. The third kappa shape index (κ3) is 3.23. The lowest BCUT2D eigenvalue weighted by Gasteiger charge is -2.21. The Morgan fingerprint density at radius 3 is 1.85 bits per heavy atom. The second-order valence-electron chi connectivity index (χ2n) is 6.80. The lowest BCUT2D eigenvalue weighted by molar-refractivity contribution is -0.137. The van der Waals surface area contributed by atoms with Crippen molar-refractivity contribution >= 4 is 32.9 Å². The Labute approximate surface area is 155 Å². The Balaban J connectivity index is 1.73. The highest BCUT2D eigenvalue weighted by Crippen LogP contribution is 2.34. The minimum atomic E-state index is -4.32. The fraction of sp³-hybridized carbons (Fsp3) is 0.130. The number of fused-ring (bicyclic) bond motifs is 3. The van der Waals surface area contributed by atoms with E-state index in [9.17, 15) is 13.2 Å². The summed E-state index contributed by atoms with van der Waals surface area (Å²) in [6.45, 7) is 2.08. The second-order valence-corrected chi connectivity index (χ2v) is 6.80. The van der Waals surface area contributed by atoms with Gasteiger partial charge in [-0.25, -0.2) is 0 Å². The first kappa shape index (κ1) is 17.4. The van der Waals surface area contributed by atoms with Gasteiger partial charge in [-0.2, -0.15) is 13.2 Å². The number of halogens is 3. The molecule has 1 nitrogen and oxygen atoms in total. The number of rotatable bonds is 2. The van der Waals surface area contributed by atoms with Gasteiger partial charge < -0.3 is 4.90 Å². The van der Waals surface area contributed by atoms with Crippen LogP contribution in [-0.4, -0.2) is 7.05 Å². The molecule has 27 heavy (non-hydrogen) atoms. The average molecular weight is 365 g/mol. The maximum Gasteiger partial charge on any atom is 0.416 e. The fourth-order valence-corrected chi connectivity index (χ4v) is 3.41. The first-order valence-electron chi connectivity index (χ1n) is 8.67. The van der Waals surface area contributed by atoms with Crippen molar-refractivity contribution in [2.45, 2.75) is 13.1 Å². The smallest absolute Gasteiger partial charge is 0.345 e. The molecule has 0 aliphatic rings. The van der Waals surface area contributed by atoms with Gasteiger partial charge in [-0.1, -0.05) is 42.0 Å². The van der Waals surface area contributed by atoms with Crippen molar-refractivity contribution in [3.05, 3.63) is 83.9 Å². The summed E-state index contributed by atoms with van der Waals surface area (Å²) in [6, 6.07) is 21.9. The van der Waals surface area contributed by atoms with Crippen LogP contribution in [0, 0.1) is 6.92 Å². The molecule has 0 spiro atoms. The molecule has 0 aliphatic carbocycles. The summed E-state index contributed by atoms with van der Waals surface area (Å²) in [5.74, 6) is 0. The summed E-state index contributed by atoms with van der Waals surface area (Å²) in [6.07, 6.45) is -4.32. The highest BCUT2D eigenvalue weighted by molar-refractivity contribution is 6.08. The lowest BCUT2D eigenvalue weighted by Crippen LogP contribution is -2.10. The zero-order valence-electron chi connectivity index (χ0n) is 15.0. The van der Waals surface area contributed by atoms with Gasteiger partial charge in [0.2, 0.25) is 0 Å². The minimum Gasteiger partial charge on any atom is -0.345 e. The van der Waals surface area contributed by atoms with Gasteiger partial charge >= 0.3 is 6.18 Å². The van der Waals surface area contributed by atoms with E-state index in [0.717, 1.165) is 28.6 Å². The van der Waals surface area contributed by atoms with E-state index in [4.69, 9.17) is 0 Å². The van der Waals surface area contributed by atoms with Crippen molar-refractivity contribution in [2.24, 2.45) is 0 Å². The van der Waals surface area contributed by atoms with Crippen LogP contribution < -0.4 is 4.90 Å². The summed E-state index contributed by atoms with van der Waals surface area (Å²) in [5, 5.41) is 4.66. The summed E-state index contributed by atoms with van der Waals surface area (Å²) in [5.41, 5.74) is 2.22. The van der Waals surface area contributed by atoms with Crippen LogP contribution in [-0.2, 0) is 6.18 Å². The van der Waals surface area contributed by atoms with Crippen molar-refractivity contribution in [3.63, 3.8) is 0 Å². The molecule has 4 aromatic rings. The first-order valence-corrected chi connectivity index (χ1v) is 8.67. The zero-order valence-corrected chi connectivity index (χ0v) is 15.0. The number of alkyl halides is 3. The van der Waals surface area contributed by atoms with Crippen molar-refractivity contribution in [1.29, 1.82) is 0 Å². The van der Waals surface area contributed by atoms with Crippen LogP contribution in [0.3, 0.4) is 0 Å². The molecule has 0 amide bonds. The normalized spacial score (nSPS) is 11.9. The van der Waals surface area contributed by atoms with Crippen LogP contribution in [0.15, 0.2) is 72.8 Å². The van der Waals surface area contributed by atoms with Gasteiger partial charge in [0.15, 0.2) is 0 Å². The number of benzene rings is 4. The topological polar surface area (TPSA) is 3.24 Å². The fourth-order valence-electron chi connectivity index (χ4n) is 3.41. The molecule has 0 aromatic heterocycles. The van der Waals surface area contributed by atoms with E-state index in [1.807, 2.05) is 18.0 Å². The summed E-state index contributed by atoms with van der Waals surface area (Å²) < 4.78 is 38.3. The third-order valence-corrected chi connectivity index (χ3v) is 4.94. The SMILES string of the molecule is Cc1ccc2c(ccc3cc(N(C)c4ccc(C(F)(F)F)cc4)ccc32)c1. The molecule has 0 radical (unpaired) electrons. The van der Waals surface area contributed by atoms with E-state index in [0.29, 0.717) is 5.69 Å². The molecule has 0 bridgehead atoms. The van der Waals surface area contributed by atoms with E-state index in [1.165, 1.54) is 28.5 Å². The van der Waals surface area contributed by atoms with Crippen LogP contribution in [0.2, 0.25) is 0 Å². The molecule has 0 aliphatic heterocycles. The van der Waals surface area contributed by atoms with Crippen LogP contribution in [0.4, 0.5) is 24.5 Å². The van der Waals surface area contributed by atoms with Gasteiger partial charge in [0.1, 0.15) is 0 Å². The Kier molecular flexibility index (Phi) is 4.06. The number of aryl methyl sites for hydroxylation is 1. The van der Waals surface area contributed by atoms with Crippen LogP contribution in [0.25, 0.3) is 21.5 Å². The monoisotopic (exact) mass is 365 g/mol. The molecule has 0 heterocycles. The Morgan fingerprint density at radius 2 is 1.22 bits per heavy atom. The van der Waals surface area contributed by atoms with Gasteiger partial charge in [0.05, 0.1) is 5.56 Å². The summed E-state index contributed by atoms with van der Waals surface area (Å²) in [7, 11) is 1.86. The zero-order chi connectivity index (χ0) is 19.2. The molecule has 0 fully saturated rings. The van der Waals surface area contributed by atoms with Gasteiger partial charge in [-0.05, 0) is 64.9 Å². The quantitative estimate of drug-likeness (QED) is 0.343. The molecular weight excluding hydrogens is 347 g/mol. The highest BCUT2D eigenvalue weighted by atomic mass is 19.4. The standard InChI is InChI=1S/C23H18F3N/c1-15-3-11-21-16(13-15)4-5-17-14-20(10-12-22(17)21)27(2)19-8-6-18(7-9-19)23(24,25)26/h3-14H,1-2H3.